The number of halogens is 11. The van der Waals surface area contributed by atoms with E-state index >= 15 is 0 Å². The predicted molar refractivity (Wildman–Crippen MR) is 44.4 cm³/mol. The van der Waals surface area contributed by atoms with Crippen LogP contribution in [-0.2, 0) is 0 Å². The molecule has 17 heavy (non-hydrogen) atoms. The molecule has 0 aliphatic rings. The van der Waals surface area contributed by atoms with Crippen molar-refractivity contribution in [2.45, 2.75) is 34.5 Å². The summed E-state index contributed by atoms with van der Waals surface area (Å²) in [5, 5.41) is 0. The molecule has 0 aromatic rings. The maximum Gasteiger partial charge on any atom is 0.457 e. The van der Waals surface area contributed by atoms with Crippen molar-refractivity contribution in [2.24, 2.45) is 0 Å². The van der Waals surface area contributed by atoms with Gasteiger partial charge in [0.2, 0.25) is 0 Å². The Morgan fingerprint density at radius 2 is 1.12 bits per heavy atom. The Kier molecular flexibility index (Phi) is 4.62. The molecule has 0 aliphatic carbocycles. The fraction of sp³-hybridized carbons (Fsp3) is 1.00. The van der Waals surface area contributed by atoms with Gasteiger partial charge in [0.05, 0.1) is 0 Å². The Morgan fingerprint density at radius 1 is 0.765 bits per heavy atom. The molecular formula is C6H3F10I. The molecule has 0 aliphatic heterocycles. The topological polar surface area (TPSA) is 0 Å². The molecule has 0 heterocycles. The first-order valence-electron chi connectivity index (χ1n) is 3.65. The van der Waals surface area contributed by atoms with Crippen LogP contribution in [-0.4, -0.2) is 28.1 Å². The standard InChI is InChI=1S/C6H3F10I/c7-2(17)1-3(8,5(11,12)13)4(9,10)6(14,15)16/h2H,1H2. The van der Waals surface area contributed by atoms with E-state index in [1.165, 1.54) is 0 Å². The van der Waals surface area contributed by atoms with Gasteiger partial charge in [-0.15, -0.1) is 0 Å². The molecule has 0 radical (unpaired) electrons. The lowest BCUT2D eigenvalue weighted by Gasteiger charge is -2.35. The second kappa shape index (κ2) is 4.61. The number of alkyl halides is 11. The van der Waals surface area contributed by atoms with Gasteiger partial charge in [-0.05, 0) is 22.6 Å². The van der Waals surface area contributed by atoms with E-state index in [0.717, 1.165) is 0 Å². The van der Waals surface area contributed by atoms with Crippen molar-refractivity contribution in [1.82, 2.24) is 0 Å². The van der Waals surface area contributed by atoms with Crippen LogP contribution in [0.4, 0.5) is 43.9 Å². The van der Waals surface area contributed by atoms with Crippen LogP contribution in [0.1, 0.15) is 6.42 Å². The van der Waals surface area contributed by atoms with Crippen molar-refractivity contribution in [3.05, 3.63) is 0 Å². The zero-order valence-corrected chi connectivity index (χ0v) is 9.60. The molecule has 104 valence electrons. The van der Waals surface area contributed by atoms with Gasteiger partial charge in [0.25, 0.3) is 5.67 Å². The van der Waals surface area contributed by atoms with E-state index in [1.54, 1.807) is 0 Å². The average Bonchev–Trinajstić information content (AvgIpc) is 1.97. The van der Waals surface area contributed by atoms with Crippen LogP contribution in [0.2, 0.25) is 0 Å². The van der Waals surface area contributed by atoms with Crippen LogP contribution in [0, 0.1) is 0 Å². The van der Waals surface area contributed by atoms with Gasteiger partial charge in [-0.3, -0.25) is 0 Å². The van der Waals surface area contributed by atoms with Crippen LogP contribution in [0.15, 0.2) is 0 Å². The van der Waals surface area contributed by atoms with E-state index in [9.17, 15) is 43.9 Å². The molecule has 0 rings (SSSR count). The summed E-state index contributed by atoms with van der Waals surface area (Å²) < 4.78 is 118. The van der Waals surface area contributed by atoms with Gasteiger partial charge >= 0.3 is 18.3 Å². The monoisotopic (exact) mass is 392 g/mol. The first kappa shape index (κ1) is 17.0. The third-order valence-corrected chi connectivity index (χ3v) is 2.18. The molecular weight excluding hydrogens is 389 g/mol. The minimum atomic E-state index is -6.78. The average molecular weight is 392 g/mol. The smallest absolute Gasteiger partial charge is 0.236 e. The summed E-state index contributed by atoms with van der Waals surface area (Å²) in [5.41, 5.74) is -6.00. The van der Waals surface area contributed by atoms with E-state index in [-0.39, 0.29) is 0 Å². The van der Waals surface area contributed by atoms with Crippen LogP contribution in [0.25, 0.3) is 0 Å². The zero-order chi connectivity index (χ0) is 14.3. The van der Waals surface area contributed by atoms with Crippen LogP contribution in [0.3, 0.4) is 0 Å². The Balaban J connectivity index is 5.65. The molecule has 0 nitrogen and oxygen atoms in total. The Bertz CT molecular complexity index is 265. The number of rotatable bonds is 3. The van der Waals surface area contributed by atoms with Gasteiger partial charge in [-0.25, -0.2) is 8.78 Å². The molecule has 11 heteroatoms. The van der Waals surface area contributed by atoms with Gasteiger partial charge in [-0.2, -0.15) is 35.1 Å². The van der Waals surface area contributed by atoms with Crippen molar-refractivity contribution < 1.29 is 43.9 Å². The SMILES string of the molecule is FC(I)CC(F)(C(F)(F)F)C(F)(F)C(F)(F)F. The third kappa shape index (κ3) is 3.08. The van der Waals surface area contributed by atoms with Gasteiger partial charge in [0.15, 0.2) is 4.18 Å². The maximum absolute atomic E-state index is 13.0. The molecule has 0 N–H and O–H groups in total. The van der Waals surface area contributed by atoms with Gasteiger partial charge in [0, 0.05) is 6.42 Å². The van der Waals surface area contributed by atoms with E-state index in [0.29, 0.717) is 22.6 Å². The van der Waals surface area contributed by atoms with Crippen LogP contribution < -0.4 is 0 Å². The third-order valence-electron chi connectivity index (χ3n) is 1.74. The molecule has 2 unspecified atom stereocenters. The van der Waals surface area contributed by atoms with Crippen molar-refractivity contribution in [3.8, 4) is 0 Å². The first-order valence-corrected chi connectivity index (χ1v) is 4.89. The summed E-state index contributed by atoms with van der Waals surface area (Å²) in [6.45, 7) is 0. The van der Waals surface area contributed by atoms with E-state index in [1.807, 2.05) is 0 Å². The lowest BCUT2D eigenvalue weighted by Crippen LogP contribution is -2.62. The Labute approximate surface area is 101 Å². The van der Waals surface area contributed by atoms with Crippen molar-refractivity contribution in [3.63, 3.8) is 0 Å². The second-order valence-corrected chi connectivity index (χ2v) is 4.32. The molecule has 0 aromatic heterocycles. The first-order chi connectivity index (χ1) is 7.17. The Hall–Kier alpha value is 0.0300. The fourth-order valence-electron chi connectivity index (χ4n) is 0.859. The van der Waals surface area contributed by atoms with E-state index in [4.69, 9.17) is 0 Å². The highest BCUT2D eigenvalue weighted by atomic mass is 127. The summed E-state index contributed by atoms with van der Waals surface area (Å²) in [7, 11) is 0. The minimum absolute atomic E-state index is 0.468. The summed E-state index contributed by atoms with van der Waals surface area (Å²) in [5.74, 6) is -6.73. The maximum atomic E-state index is 13.0. The molecule has 0 bridgehead atoms. The quantitative estimate of drug-likeness (QED) is 0.375. The highest BCUT2D eigenvalue weighted by Crippen LogP contribution is 2.55. The van der Waals surface area contributed by atoms with Gasteiger partial charge < -0.3 is 0 Å². The Morgan fingerprint density at radius 3 is 1.29 bits per heavy atom. The second-order valence-electron chi connectivity index (χ2n) is 2.97. The van der Waals surface area contributed by atoms with Gasteiger partial charge in [0.1, 0.15) is 0 Å². The van der Waals surface area contributed by atoms with Crippen LogP contribution >= 0.6 is 22.6 Å². The normalized spacial score (nSPS) is 19.9. The summed E-state index contributed by atoms with van der Waals surface area (Å²) in [6, 6.07) is 0. The minimum Gasteiger partial charge on any atom is -0.236 e. The summed E-state index contributed by atoms with van der Waals surface area (Å²) >= 11 is 0.468. The van der Waals surface area contributed by atoms with E-state index < -0.39 is 34.5 Å². The predicted octanol–water partition coefficient (Wildman–Crippen LogP) is 4.58. The van der Waals surface area contributed by atoms with Gasteiger partial charge in [-0.1, -0.05) is 0 Å². The highest BCUT2D eigenvalue weighted by Gasteiger charge is 2.81. The molecule has 0 aromatic carbocycles. The lowest BCUT2D eigenvalue weighted by atomic mass is 9.93. The molecule has 0 saturated heterocycles. The molecule has 0 spiro atoms. The number of hydrogen-bond donors (Lipinski definition) is 0. The van der Waals surface area contributed by atoms with Crippen LogP contribution in [0.5, 0.6) is 0 Å². The molecule has 2 atom stereocenters. The number of hydrogen-bond acceptors (Lipinski definition) is 0. The molecule has 0 fully saturated rings. The zero-order valence-electron chi connectivity index (χ0n) is 7.44. The lowest BCUT2D eigenvalue weighted by molar-refractivity contribution is -0.385. The largest absolute Gasteiger partial charge is 0.457 e. The molecule has 0 saturated carbocycles. The molecule has 0 amide bonds. The van der Waals surface area contributed by atoms with Crippen molar-refractivity contribution >= 4 is 22.6 Å². The van der Waals surface area contributed by atoms with Crippen molar-refractivity contribution in [1.29, 1.82) is 0 Å². The van der Waals surface area contributed by atoms with E-state index in [2.05, 4.69) is 0 Å². The highest BCUT2D eigenvalue weighted by molar-refractivity contribution is 14.1. The fourth-order valence-corrected chi connectivity index (χ4v) is 1.47. The van der Waals surface area contributed by atoms with Crippen molar-refractivity contribution in [2.75, 3.05) is 0 Å². The summed E-state index contributed by atoms with van der Waals surface area (Å²) in [4.78, 5) is 0. The summed E-state index contributed by atoms with van der Waals surface area (Å²) in [6.07, 6.45) is -16.0.